The lowest BCUT2D eigenvalue weighted by Crippen LogP contribution is -2.52. The minimum absolute atomic E-state index is 0. The van der Waals surface area contributed by atoms with Crippen molar-refractivity contribution in [2.24, 2.45) is 4.99 Å². The monoisotopic (exact) mass is 552 g/mol. The SMILES string of the molecule is CN=C(NCc1cccnc1N1CCOCC1)N1CCN(c2ccc(OC)cc2)CC1.I. The number of piperazine rings is 1. The maximum Gasteiger partial charge on any atom is 0.194 e. The van der Waals surface area contributed by atoms with Crippen LogP contribution in [0.15, 0.2) is 47.6 Å². The number of aliphatic imine (C=N–C) groups is 1. The number of rotatable bonds is 5. The second-order valence-corrected chi connectivity index (χ2v) is 7.66. The van der Waals surface area contributed by atoms with Gasteiger partial charge in [-0.2, -0.15) is 0 Å². The van der Waals surface area contributed by atoms with Gasteiger partial charge in [-0.25, -0.2) is 4.98 Å². The first kappa shape index (κ1) is 24.4. The van der Waals surface area contributed by atoms with Crippen LogP contribution >= 0.6 is 24.0 Å². The number of halogens is 1. The molecule has 0 amide bonds. The largest absolute Gasteiger partial charge is 0.497 e. The van der Waals surface area contributed by atoms with Gasteiger partial charge in [0.1, 0.15) is 11.6 Å². The van der Waals surface area contributed by atoms with Crippen molar-refractivity contribution in [2.75, 3.05) is 76.4 Å². The fourth-order valence-electron chi connectivity index (χ4n) is 4.10. The van der Waals surface area contributed by atoms with Crippen molar-refractivity contribution in [1.29, 1.82) is 0 Å². The van der Waals surface area contributed by atoms with Crippen LogP contribution in [0.1, 0.15) is 5.56 Å². The Hall–Kier alpha value is -2.27. The smallest absolute Gasteiger partial charge is 0.194 e. The molecule has 2 aromatic rings. The van der Waals surface area contributed by atoms with E-state index in [9.17, 15) is 0 Å². The van der Waals surface area contributed by atoms with E-state index in [1.165, 1.54) is 11.3 Å². The quantitative estimate of drug-likeness (QED) is 0.348. The van der Waals surface area contributed by atoms with Crippen molar-refractivity contribution in [3.8, 4) is 5.75 Å². The van der Waals surface area contributed by atoms with Crippen LogP contribution in [-0.4, -0.2) is 82.5 Å². The van der Waals surface area contributed by atoms with Crippen molar-refractivity contribution in [2.45, 2.75) is 6.54 Å². The summed E-state index contributed by atoms with van der Waals surface area (Å²) in [4.78, 5) is 16.2. The zero-order valence-electron chi connectivity index (χ0n) is 18.9. The molecular formula is C23H33IN6O2. The predicted octanol–water partition coefficient (Wildman–Crippen LogP) is 2.44. The van der Waals surface area contributed by atoms with E-state index in [1.807, 2.05) is 31.4 Å². The van der Waals surface area contributed by atoms with Crippen molar-refractivity contribution >= 4 is 41.4 Å². The predicted molar refractivity (Wildman–Crippen MR) is 140 cm³/mol. The molecule has 4 rings (SSSR count). The Bertz CT molecular complexity index is 865. The highest BCUT2D eigenvalue weighted by atomic mass is 127. The number of pyridine rings is 1. The molecule has 8 nitrogen and oxygen atoms in total. The molecule has 0 atom stereocenters. The molecule has 2 aliphatic rings. The van der Waals surface area contributed by atoms with Gasteiger partial charge in [-0.05, 0) is 30.3 Å². The second kappa shape index (κ2) is 12.1. The Labute approximate surface area is 207 Å². The van der Waals surface area contributed by atoms with E-state index < -0.39 is 0 Å². The molecule has 1 aromatic heterocycles. The summed E-state index contributed by atoms with van der Waals surface area (Å²) in [7, 11) is 3.55. The zero-order valence-corrected chi connectivity index (χ0v) is 21.2. The Morgan fingerprint density at radius 2 is 1.75 bits per heavy atom. The van der Waals surface area contributed by atoms with Crippen LogP contribution in [-0.2, 0) is 11.3 Å². The lowest BCUT2D eigenvalue weighted by Gasteiger charge is -2.38. The first-order valence-electron chi connectivity index (χ1n) is 10.9. The molecule has 1 N–H and O–H groups in total. The van der Waals surface area contributed by atoms with Gasteiger partial charge >= 0.3 is 0 Å². The van der Waals surface area contributed by atoms with Crippen LogP contribution in [0.3, 0.4) is 0 Å². The average Bonchev–Trinajstić information content (AvgIpc) is 2.86. The summed E-state index contributed by atoms with van der Waals surface area (Å²) in [5.41, 5.74) is 2.41. The summed E-state index contributed by atoms with van der Waals surface area (Å²) in [6.07, 6.45) is 1.86. The fourth-order valence-corrected chi connectivity index (χ4v) is 4.10. The number of morpholine rings is 1. The Balaban J connectivity index is 0.00000289. The van der Waals surface area contributed by atoms with Crippen LogP contribution in [0, 0.1) is 0 Å². The molecule has 174 valence electrons. The second-order valence-electron chi connectivity index (χ2n) is 7.66. The molecule has 2 saturated heterocycles. The summed E-state index contributed by atoms with van der Waals surface area (Å²) in [6.45, 7) is 7.74. The van der Waals surface area contributed by atoms with Crippen LogP contribution in [0.2, 0.25) is 0 Å². The van der Waals surface area contributed by atoms with E-state index in [2.05, 4.69) is 48.2 Å². The normalized spacial score (nSPS) is 17.1. The highest BCUT2D eigenvalue weighted by molar-refractivity contribution is 14.0. The highest BCUT2D eigenvalue weighted by Crippen LogP contribution is 2.21. The topological polar surface area (TPSA) is 65.5 Å². The van der Waals surface area contributed by atoms with Gasteiger partial charge in [-0.15, -0.1) is 24.0 Å². The summed E-state index contributed by atoms with van der Waals surface area (Å²) >= 11 is 0. The standard InChI is InChI=1S/C23H32N6O2.HI/c1-24-23(26-18-19-4-3-9-25-22(19)28-14-16-31-17-15-28)29-12-10-27(11-13-29)20-5-7-21(30-2)8-6-20;/h3-9H,10-18H2,1-2H3,(H,24,26);1H. The minimum Gasteiger partial charge on any atom is -0.497 e. The van der Waals surface area contributed by atoms with Crippen molar-refractivity contribution in [1.82, 2.24) is 15.2 Å². The van der Waals surface area contributed by atoms with Crippen molar-refractivity contribution in [3.63, 3.8) is 0 Å². The van der Waals surface area contributed by atoms with Crippen LogP contribution in [0.5, 0.6) is 5.75 Å². The van der Waals surface area contributed by atoms with Crippen LogP contribution in [0.4, 0.5) is 11.5 Å². The van der Waals surface area contributed by atoms with E-state index >= 15 is 0 Å². The van der Waals surface area contributed by atoms with Gasteiger partial charge in [0.05, 0.1) is 20.3 Å². The van der Waals surface area contributed by atoms with Crippen molar-refractivity contribution < 1.29 is 9.47 Å². The molecule has 32 heavy (non-hydrogen) atoms. The number of methoxy groups -OCH3 is 1. The molecular weight excluding hydrogens is 519 g/mol. The first-order valence-corrected chi connectivity index (χ1v) is 10.9. The highest BCUT2D eigenvalue weighted by Gasteiger charge is 2.21. The number of hydrogen-bond donors (Lipinski definition) is 1. The van der Waals surface area contributed by atoms with Crippen LogP contribution < -0.4 is 19.9 Å². The van der Waals surface area contributed by atoms with E-state index in [0.717, 1.165) is 70.0 Å². The molecule has 0 radical (unpaired) electrons. The van der Waals surface area contributed by atoms with Crippen LogP contribution in [0.25, 0.3) is 0 Å². The number of ether oxygens (including phenoxy) is 2. The molecule has 3 heterocycles. The number of benzene rings is 1. The number of aromatic nitrogens is 1. The first-order chi connectivity index (χ1) is 15.3. The molecule has 0 aliphatic carbocycles. The lowest BCUT2D eigenvalue weighted by atomic mass is 10.2. The van der Waals surface area contributed by atoms with E-state index in [0.29, 0.717) is 6.54 Å². The Morgan fingerprint density at radius 3 is 2.41 bits per heavy atom. The summed E-state index contributed by atoms with van der Waals surface area (Å²) in [5, 5.41) is 3.55. The number of nitrogens with zero attached hydrogens (tertiary/aromatic N) is 5. The minimum atomic E-state index is 0. The van der Waals surface area contributed by atoms with Gasteiger partial charge < -0.3 is 29.5 Å². The summed E-state index contributed by atoms with van der Waals surface area (Å²) in [5.74, 6) is 2.86. The third-order valence-electron chi connectivity index (χ3n) is 5.84. The molecule has 9 heteroatoms. The van der Waals surface area contributed by atoms with E-state index in [-0.39, 0.29) is 24.0 Å². The molecule has 0 saturated carbocycles. The zero-order chi connectivity index (χ0) is 21.5. The molecule has 0 spiro atoms. The van der Waals surface area contributed by atoms with E-state index in [1.54, 1.807) is 7.11 Å². The number of guanidine groups is 1. The molecule has 2 fully saturated rings. The van der Waals surface area contributed by atoms with Gasteiger partial charge in [0.25, 0.3) is 0 Å². The maximum atomic E-state index is 5.49. The average molecular weight is 552 g/mol. The van der Waals surface area contributed by atoms with Gasteiger partial charge in [0.2, 0.25) is 0 Å². The Morgan fingerprint density at radius 1 is 1.03 bits per heavy atom. The van der Waals surface area contributed by atoms with E-state index in [4.69, 9.17) is 9.47 Å². The number of hydrogen-bond acceptors (Lipinski definition) is 6. The summed E-state index contributed by atoms with van der Waals surface area (Å²) < 4.78 is 10.8. The van der Waals surface area contributed by atoms with Crippen molar-refractivity contribution in [3.05, 3.63) is 48.2 Å². The lowest BCUT2D eigenvalue weighted by molar-refractivity contribution is 0.122. The maximum absolute atomic E-state index is 5.49. The van der Waals surface area contributed by atoms with Gasteiger partial charge in [0, 0.05) is 70.3 Å². The van der Waals surface area contributed by atoms with Gasteiger partial charge in [0.15, 0.2) is 5.96 Å². The molecule has 0 unspecified atom stereocenters. The fraction of sp³-hybridized carbons (Fsp3) is 0.478. The third kappa shape index (κ3) is 5.94. The molecule has 0 bridgehead atoms. The summed E-state index contributed by atoms with van der Waals surface area (Å²) in [6, 6.07) is 12.4. The Kier molecular flexibility index (Phi) is 9.22. The number of anilines is 2. The van der Waals surface area contributed by atoms with Gasteiger partial charge in [-0.1, -0.05) is 6.07 Å². The number of nitrogens with one attached hydrogen (secondary N) is 1. The molecule has 1 aromatic carbocycles. The third-order valence-corrected chi connectivity index (χ3v) is 5.84. The molecule has 2 aliphatic heterocycles. The van der Waals surface area contributed by atoms with Gasteiger partial charge in [-0.3, -0.25) is 4.99 Å².